The lowest BCUT2D eigenvalue weighted by Gasteiger charge is -2.22. The second kappa shape index (κ2) is 8.23. The van der Waals surface area contributed by atoms with Crippen molar-refractivity contribution in [3.63, 3.8) is 0 Å². The normalized spacial score (nSPS) is 10.3. The van der Waals surface area contributed by atoms with Crippen molar-refractivity contribution >= 4 is 5.91 Å². The molecule has 0 N–H and O–H groups in total. The summed E-state index contributed by atoms with van der Waals surface area (Å²) < 4.78 is 5.14. The lowest BCUT2D eigenvalue weighted by atomic mass is 10.1. The lowest BCUT2D eigenvalue weighted by molar-refractivity contribution is -0.131. The van der Waals surface area contributed by atoms with E-state index in [9.17, 15) is 4.79 Å². The smallest absolute Gasteiger partial charge is 0.227 e. The lowest BCUT2D eigenvalue weighted by Crippen LogP contribution is -2.32. The molecule has 2 rings (SSSR count). The molecule has 0 atom stereocenters. The molecule has 22 heavy (non-hydrogen) atoms. The molecule has 0 aliphatic rings. The number of rotatable bonds is 7. The maximum atomic E-state index is 12.6. The fourth-order valence-electron chi connectivity index (χ4n) is 2.40. The molecule has 0 saturated carbocycles. The monoisotopic (exact) mass is 297 g/mol. The quantitative estimate of drug-likeness (QED) is 0.780. The Kier molecular flexibility index (Phi) is 6.01. The first-order valence-electron chi connectivity index (χ1n) is 7.67. The van der Waals surface area contributed by atoms with E-state index in [0.29, 0.717) is 13.0 Å². The number of benzene rings is 2. The molecule has 0 radical (unpaired) electrons. The van der Waals surface area contributed by atoms with Crippen LogP contribution in [0.2, 0.25) is 0 Å². The first kappa shape index (κ1) is 16.1. The van der Waals surface area contributed by atoms with Crippen LogP contribution in [0.5, 0.6) is 5.75 Å². The van der Waals surface area contributed by atoms with E-state index in [0.717, 1.165) is 24.3 Å². The fraction of sp³-hybridized carbons (Fsp3) is 0.316. The summed E-state index contributed by atoms with van der Waals surface area (Å²) in [6.07, 6.45) is 1.39. The van der Waals surface area contributed by atoms with Gasteiger partial charge in [0.1, 0.15) is 5.75 Å². The van der Waals surface area contributed by atoms with Gasteiger partial charge in [-0.05, 0) is 29.7 Å². The third-order valence-corrected chi connectivity index (χ3v) is 3.58. The number of methoxy groups -OCH3 is 1. The maximum absolute atomic E-state index is 12.6. The Balaban J connectivity index is 2.02. The van der Waals surface area contributed by atoms with Crippen molar-refractivity contribution in [1.82, 2.24) is 4.90 Å². The summed E-state index contributed by atoms with van der Waals surface area (Å²) in [6, 6.07) is 17.8. The van der Waals surface area contributed by atoms with E-state index in [4.69, 9.17) is 4.74 Å². The molecular formula is C19H23NO2. The topological polar surface area (TPSA) is 29.5 Å². The van der Waals surface area contributed by atoms with Gasteiger partial charge in [0.15, 0.2) is 0 Å². The zero-order valence-electron chi connectivity index (χ0n) is 13.3. The Morgan fingerprint density at radius 3 is 2.27 bits per heavy atom. The number of hydrogen-bond acceptors (Lipinski definition) is 2. The molecular weight excluding hydrogens is 274 g/mol. The van der Waals surface area contributed by atoms with Crippen LogP contribution in [0.4, 0.5) is 0 Å². The summed E-state index contributed by atoms with van der Waals surface area (Å²) in [5, 5.41) is 0. The third kappa shape index (κ3) is 4.62. The van der Waals surface area contributed by atoms with Crippen LogP contribution in [0, 0.1) is 0 Å². The molecule has 2 aromatic carbocycles. The van der Waals surface area contributed by atoms with Crippen LogP contribution < -0.4 is 4.74 Å². The molecule has 0 bridgehead atoms. The Bertz CT molecular complexity index is 578. The SMILES string of the molecule is CCCN(Cc1ccccc1)C(=O)Cc1ccc(OC)cc1. The van der Waals surface area contributed by atoms with E-state index >= 15 is 0 Å². The van der Waals surface area contributed by atoms with Crippen molar-refractivity contribution in [3.05, 3.63) is 65.7 Å². The van der Waals surface area contributed by atoms with E-state index in [2.05, 4.69) is 19.1 Å². The largest absolute Gasteiger partial charge is 0.497 e. The standard InChI is InChI=1S/C19H23NO2/c1-3-13-20(15-17-7-5-4-6-8-17)19(21)14-16-9-11-18(22-2)12-10-16/h4-12H,3,13-15H2,1-2H3. The minimum Gasteiger partial charge on any atom is -0.497 e. The molecule has 0 aromatic heterocycles. The van der Waals surface area contributed by atoms with Crippen molar-refractivity contribution in [2.24, 2.45) is 0 Å². The average molecular weight is 297 g/mol. The van der Waals surface area contributed by atoms with E-state index in [1.807, 2.05) is 47.4 Å². The van der Waals surface area contributed by atoms with Crippen molar-refractivity contribution in [3.8, 4) is 5.75 Å². The number of carbonyl (C=O) groups is 1. The minimum atomic E-state index is 0.163. The van der Waals surface area contributed by atoms with Crippen LogP contribution in [-0.2, 0) is 17.8 Å². The Morgan fingerprint density at radius 2 is 1.68 bits per heavy atom. The summed E-state index contributed by atoms with van der Waals surface area (Å²) in [4.78, 5) is 14.5. The van der Waals surface area contributed by atoms with Crippen LogP contribution >= 0.6 is 0 Å². The number of ether oxygens (including phenoxy) is 1. The van der Waals surface area contributed by atoms with Gasteiger partial charge in [0.05, 0.1) is 13.5 Å². The maximum Gasteiger partial charge on any atom is 0.227 e. The van der Waals surface area contributed by atoms with Crippen molar-refractivity contribution in [2.45, 2.75) is 26.3 Å². The molecule has 2 aromatic rings. The van der Waals surface area contributed by atoms with Crippen LogP contribution in [0.15, 0.2) is 54.6 Å². The highest BCUT2D eigenvalue weighted by molar-refractivity contribution is 5.78. The Labute approximate surface area is 132 Å². The van der Waals surface area contributed by atoms with Crippen molar-refractivity contribution in [1.29, 1.82) is 0 Å². The van der Waals surface area contributed by atoms with Crippen molar-refractivity contribution in [2.75, 3.05) is 13.7 Å². The van der Waals surface area contributed by atoms with Crippen LogP contribution in [0.25, 0.3) is 0 Å². The van der Waals surface area contributed by atoms with Gasteiger partial charge in [0.25, 0.3) is 0 Å². The van der Waals surface area contributed by atoms with Gasteiger partial charge in [-0.15, -0.1) is 0 Å². The van der Waals surface area contributed by atoms with Gasteiger partial charge in [-0.3, -0.25) is 4.79 Å². The van der Waals surface area contributed by atoms with Crippen LogP contribution in [-0.4, -0.2) is 24.5 Å². The Morgan fingerprint density at radius 1 is 1.00 bits per heavy atom. The number of carbonyl (C=O) groups excluding carboxylic acids is 1. The predicted octanol–water partition coefficient (Wildman–Crippen LogP) is 3.68. The molecule has 0 fully saturated rings. The van der Waals surface area contributed by atoms with Gasteiger partial charge < -0.3 is 9.64 Å². The molecule has 0 aliphatic heterocycles. The number of amides is 1. The van der Waals surface area contributed by atoms with E-state index in [1.54, 1.807) is 7.11 Å². The highest BCUT2D eigenvalue weighted by Crippen LogP contribution is 2.13. The molecule has 0 unspecified atom stereocenters. The molecule has 0 spiro atoms. The highest BCUT2D eigenvalue weighted by Gasteiger charge is 2.13. The molecule has 0 saturated heterocycles. The number of hydrogen-bond donors (Lipinski definition) is 0. The molecule has 0 heterocycles. The summed E-state index contributed by atoms with van der Waals surface area (Å²) in [5.41, 5.74) is 2.18. The first-order valence-corrected chi connectivity index (χ1v) is 7.67. The van der Waals surface area contributed by atoms with E-state index < -0.39 is 0 Å². The molecule has 3 nitrogen and oxygen atoms in total. The summed E-state index contributed by atoms with van der Waals surface area (Å²) in [7, 11) is 1.64. The molecule has 0 aliphatic carbocycles. The first-order chi connectivity index (χ1) is 10.7. The Hall–Kier alpha value is -2.29. The van der Waals surface area contributed by atoms with Crippen LogP contribution in [0.3, 0.4) is 0 Å². The van der Waals surface area contributed by atoms with Crippen molar-refractivity contribution < 1.29 is 9.53 Å². The number of nitrogens with zero attached hydrogens (tertiary/aromatic N) is 1. The zero-order chi connectivity index (χ0) is 15.8. The second-order valence-electron chi connectivity index (χ2n) is 5.33. The molecule has 1 amide bonds. The van der Waals surface area contributed by atoms with Gasteiger partial charge in [0.2, 0.25) is 5.91 Å². The summed E-state index contributed by atoms with van der Waals surface area (Å²) in [6.45, 7) is 3.55. The average Bonchev–Trinajstić information content (AvgIpc) is 2.56. The van der Waals surface area contributed by atoms with Gasteiger partial charge >= 0.3 is 0 Å². The zero-order valence-corrected chi connectivity index (χ0v) is 13.3. The third-order valence-electron chi connectivity index (χ3n) is 3.58. The highest BCUT2D eigenvalue weighted by atomic mass is 16.5. The minimum absolute atomic E-state index is 0.163. The molecule has 3 heteroatoms. The van der Waals surface area contributed by atoms with Crippen LogP contribution in [0.1, 0.15) is 24.5 Å². The summed E-state index contributed by atoms with van der Waals surface area (Å²) in [5.74, 6) is 0.974. The van der Waals surface area contributed by atoms with Gasteiger partial charge in [-0.2, -0.15) is 0 Å². The van der Waals surface area contributed by atoms with E-state index in [1.165, 1.54) is 5.56 Å². The predicted molar refractivity (Wildman–Crippen MR) is 88.8 cm³/mol. The van der Waals surface area contributed by atoms with Gasteiger partial charge in [0, 0.05) is 13.1 Å². The van der Waals surface area contributed by atoms with E-state index in [-0.39, 0.29) is 5.91 Å². The van der Waals surface area contributed by atoms with Gasteiger partial charge in [-0.25, -0.2) is 0 Å². The molecule has 116 valence electrons. The summed E-state index contributed by atoms with van der Waals surface area (Å²) >= 11 is 0. The second-order valence-corrected chi connectivity index (χ2v) is 5.33. The van der Waals surface area contributed by atoms with Gasteiger partial charge in [-0.1, -0.05) is 49.4 Å². The fourth-order valence-corrected chi connectivity index (χ4v) is 2.40.